The number of ether oxygens (including phenoxy) is 2. The second kappa shape index (κ2) is 6.19. The van der Waals surface area contributed by atoms with E-state index >= 15 is 0 Å². The molecular weight excluding hydrogens is 276 g/mol. The van der Waals surface area contributed by atoms with Gasteiger partial charge in [-0.2, -0.15) is 0 Å². The molecule has 110 valence electrons. The van der Waals surface area contributed by atoms with Crippen LogP contribution in [0.4, 0.5) is 5.69 Å². The lowest BCUT2D eigenvalue weighted by atomic mass is 10.2. The number of aromatic nitrogens is 1. The van der Waals surface area contributed by atoms with Crippen LogP contribution in [-0.2, 0) is 0 Å². The number of aliphatic hydroxyl groups is 1. The Labute approximate surface area is 120 Å². The van der Waals surface area contributed by atoms with E-state index in [9.17, 15) is 15.2 Å². The Hall–Kier alpha value is -2.67. The van der Waals surface area contributed by atoms with Gasteiger partial charge in [-0.15, -0.1) is 0 Å². The molecule has 0 spiro atoms. The maximum Gasteiger partial charge on any atom is 0.314 e. The zero-order valence-corrected chi connectivity index (χ0v) is 11.5. The number of benzene rings is 1. The summed E-state index contributed by atoms with van der Waals surface area (Å²) in [6, 6.07) is 7.56. The second-order valence-corrected chi connectivity index (χ2v) is 4.29. The van der Waals surface area contributed by atoms with E-state index in [1.165, 1.54) is 25.4 Å². The van der Waals surface area contributed by atoms with E-state index in [4.69, 9.17) is 9.47 Å². The molecule has 2 rings (SSSR count). The summed E-state index contributed by atoms with van der Waals surface area (Å²) < 4.78 is 10.4. The molecule has 1 N–H and O–H groups in total. The van der Waals surface area contributed by atoms with E-state index in [1.807, 2.05) is 0 Å². The van der Waals surface area contributed by atoms with Gasteiger partial charge < -0.3 is 14.6 Å². The van der Waals surface area contributed by atoms with Crippen molar-refractivity contribution in [2.24, 2.45) is 0 Å². The summed E-state index contributed by atoms with van der Waals surface area (Å²) >= 11 is 0. The minimum Gasteiger partial charge on any atom is -0.490 e. The molecule has 0 aliphatic rings. The number of nitro groups is 1. The number of hydrogen-bond acceptors (Lipinski definition) is 6. The van der Waals surface area contributed by atoms with Gasteiger partial charge in [0.05, 0.1) is 36.1 Å². The molecule has 1 aromatic heterocycles. The van der Waals surface area contributed by atoms with Gasteiger partial charge in [-0.1, -0.05) is 0 Å². The predicted octanol–water partition coefficient (Wildman–Crippen LogP) is 2.84. The van der Waals surface area contributed by atoms with Crippen LogP contribution in [0.3, 0.4) is 0 Å². The van der Waals surface area contributed by atoms with Gasteiger partial charge in [0, 0.05) is 0 Å². The summed E-state index contributed by atoms with van der Waals surface area (Å²) in [5.41, 5.74) is 0.339. The van der Waals surface area contributed by atoms with Crippen molar-refractivity contribution in [1.29, 1.82) is 0 Å². The highest BCUT2D eigenvalue weighted by Gasteiger charge is 2.16. The molecule has 21 heavy (non-hydrogen) atoms. The first-order valence-electron chi connectivity index (χ1n) is 6.15. The smallest absolute Gasteiger partial charge is 0.314 e. The van der Waals surface area contributed by atoms with Crippen molar-refractivity contribution in [2.45, 2.75) is 13.0 Å². The lowest BCUT2D eigenvalue weighted by molar-refractivity contribution is -0.385. The fourth-order valence-electron chi connectivity index (χ4n) is 1.71. The molecule has 1 heterocycles. The van der Waals surface area contributed by atoms with Crippen molar-refractivity contribution in [3.8, 4) is 17.2 Å². The van der Waals surface area contributed by atoms with Crippen LogP contribution in [-0.4, -0.2) is 22.1 Å². The van der Waals surface area contributed by atoms with Gasteiger partial charge in [-0.25, -0.2) is 0 Å². The summed E-state index contributed by atoms with van der Waals surface area (Å²) in [5, 5.41) is 20.3. The van der Waals surface area contributed by atoms with Crippen LogP contribution in [0.15, 0.2) is 36.5 Å². The van der Waals surface area contributed by atoms with Crippen LogP contribution in [0.2, 0.25) is 0 Å². The first-order valence-corrected chi connectivity index (χ1v) is 6.15. The first-order chi connectivity index (χ1) is 10.0. The maximum atomic E-state index is 10.9. The van der Waals surface area contributed by atoms with Gasteiger partial charge in [0.15, 0.2) is 5.75 Å². The highest BCUT2D eigenvalue weighted by atomic mass is 16.6. The molecule has 0 fully saturated rings. The van der Waals surface area contributed by atoms with Crippen molar-refractivity contribution >= 4 is 5.69 Å². The van der Waals surface area contributed by atoms with Crippen LogP contribution in [0.5, 0.6) is 17.2 Å². The number of methoxy groups -OCH3 is 1. The van der Waals surface area contributed by atoms with E-state index in [2.05, 4.69) is 4.98 Å². The van der Waals surface area contributed by atoms with Crippen molar-refractivity contribution < 1.29 is 19.5 Å². The SMILES string of the molecule is COc1ccc(Oc2ccc(C(C)O)nc2)cc1[N+](=O)[O-]. The van der Waals surface area contributed by atoms with Gasteiger partial charge in [-0.3, -0.25) is 15.1 Å². The molecule has 0 aliphatic carbocycles. The molecule has 7 nitrogen and oxygen atoms in total. The van der Waals surface area contributed by atoms with Gasteiger partial charge in [0.1, 0.15) is 11.5 Å². The summed E-state index contributed by atoms with van der Waals surface area (Å²) in [7, 11) is 1.36. The zero-order valence-electron chi connectivity index (χ0n) is 11.5. The number of pyridine rings is 1. The van der Waals surface area contributed by atoms with Crippen LogP contribution in [0, 0.1) is 10.1 Å². The topological polar surface area (TPSA) is 94.7 Å². The number of hydrogen-bond donors (Lipinski definition) is 1. The Balaban J connectivity index is 2.23. The Kier molecular flexibility index (Phi) is 4.34. The number of nitrogens with zero attached hydrogens (tertiary/aromatic N) is 2. The third-order valence-corrected chi connectivity index (χ3v) is 2.77. The molecular formula is C14H14N2O5. The molecule has 0 aliphatic heterocycles. The Morgan fingerprint density at radius 3 is 2.52 bits per heavy atom. The number of rotatable bonds is 5. The maximum absolute atomic E-state index is 10.9. The molecule has 1 atom stereocenters. The minimum absolute atomic E-state index is 0.162. The highest BCUT2D eigenvalue weighted by molar-refractivity contribution is 5.51. The lowest BCUT2D eigenvalue weighted by Gasteiger charge is -2.08. The highest BCUT2D eigenvalue weighted by Crippen LogP contribution is 2.32. The molecule has 0 saturated heterocycles. The lowest BCUT2D eigenvalue weighted by Crippen LogP contribution is -1.96. The van der Waals surface area contributed by atoms with E-state index in [0.717, 1.165) is 0 Å². The van der Waals surface area contributed by atoms with Gasteiger partial charge in [-0.05, 0) is 31.2 Å². The standard InChI is InChI=1S/C14H14N2O5/c1-9(17)12-5-3-11(8-15-12)21-10-4-6-14(20-2)13(7-10)16(18)19/h3-9,17H,1-2H3. The Bertz CT molecular complexity index is 640. The van der Waals surface area contributed by atoms with Crippen LogP contribution >= 0.6 is 0 Å². The summed E-state index contributed by atoms with van der Waals surface area (Å²) in [4.78, 5) is 14.4. The molecule has 0 saturated carbocycles. The summed E-state index contributed by atoms with van der Waals surface area (Å²) in [6.45, 7) is 1.61. The van der Waals surface area contributed by atoms with E-state index in [0.29, 0.717) is 17.2 Å². The van der Waals surface area contributed by atoms with E-state index in [1.54, 1.807) is 25.1 Å². The monoisotopic (exact) mass is 290 g/mol. The Morgan fingerprint density at radius 1 is 1.29 bits per heavy atom. The number of nitro benzene ring substituents is 1. The largest absolute Gasteiger partial charge is 0.490 e. The molecule has 1 unspecified atom stereocenters. The first kappa shape index (κ1) is 14.7. The molecule has 7 heteroatoms. The summed E-state index contributed by atoms with van der Waals surface area (Å²) in [5.74, 6) is 0.878. The van der Waals surface area contributed by atoms with Crippen molar-refractivity contribution in [3.05, 3.63) is 52.3 Å². The van der Waals surface area contributed by atoms with Crippen LogP contribution in [0.25, 0.3) is 0 Å². The van der Waals surface area contributed by atoms with Crippen molar-refractivity contribution in [1.82, 2.24) is 4.98 Å². The van der Waals surface area contributed by atoms with Gasteiger partial charge in [0.25, 0.3) is 0 Å². The van der Waals surface area contributed by atoms with Crippen molar-refractivity contribution in [3.63, 3.8) is 0 Å². The van der Waals surface area contributed by atoms with E-state index < -0.39 is 11.0 Å². The van der Waals surface area contributed by atoms with Crippen LogP contribution < -0.4 is 9.47 Å². The Morgan fingerprint density at radius 2 is 2.00 bits per heavy atom. The third-order valence-electron chi connectivity index (χ3n) is 2.77. The third kappa shape index (κ3) is 3.46. The average molecular weight is 290 g/mol. The average Bonchev–Trinajstić information content (AvgIpc) is 2.47. The fourth-order valence-corrected chi connectivity index (χ4v) is 1.71. The normalized spacial score (nSPS) is 11.8. The fraction of sp³-hybridized carbons (Fsp3) is 0.214. The predicted molar refractivity (Wildman–Crippen MR) is 74.6 cm³/mol. The van der Waals surface area contributed by atoms with Crippen molar-refractivity contribution in [2.75, 3.05) is 7.11 Å². The van der Waals surface area contributed by atoms with Gasteiger partial charge >= 0.3 is 5.69 Å². The van der Waals surface area contributed by atoms with Gasteiger partial charge in [0.2, 0.25) is 0 Å². The molecule has 0 amide bonds. The number of aliphatic hydroxyl groups excluding tert-OH is 1. The second-order valence-electron chi connectivity index (χ2n) is 4.29. The quantitative estimate of drug-likeness (QED) is 0.672. The molecule has 2 aromatic rings. The molecule has 0 radical (unpaired) electrons. The zero-order chi connectivity index (χ0) is 15.4. The molecule has 0 bridgehead atoms. The summed E-state index contributed by atoms with van der Waals surface area (Å²) in [6.07, 6.45) is 0.777. The minimum atomic E-state index is -0.666. The molecule has 1 aromatic carbocycles. The van der Waals surface area contributed by atoms with Crippen LogP contribution in [0.1, 0.15) is 18.7 Å². The van der Waals surface area contributed by atoms with E-state index in [-0.39, 0.29) is 11.4 Å².